The normalized spacial score (nSPS) is 14.5. The van der Waals surface area contributed by atoms with Crippen LogP contribution in [0.25, 0.3) is 50.5 Å². The maximum absolute atomic E-state index is 6.24. The minimum absolute atomic E-state index is 0.268. The number of H-pyrrole nitrogens is 2. The van der Waals surface area contributed by atoms with Gasteiger partial charge in [-0.05, 0) is 50.8 Å². The number of pyridine rings is 3. The number of aromatic nitrogens is 9. The number of ether oxygens (including phenoxy) is 1. The van der Waals surface area contributed by atoms with Crippen molar-refractivity contribution in [1.82, 2.24) is 44.7 Å². The summed E-state index contributed by atoms with van der Waals surface area (Å²) in [5.74, 6) is 1.43. The molecule has 184 valence electrons. The van der Waals surface area contributed by atoms with Crippen LogP contribution in [0, 0.1) is 6.92 Å². The smallest absolute Gasteiger partial charge is 0.181 e. The molecule has 6 aromatic rings. The van der Waals surface area contributed by atoms with Gasteiger partial charge in [-0.25, -0.2) is 19.9 Å². The molecule has 0 amide bonds. The molecule has 0 aromatic carbocycles. The molecule has 1 aliphatic carbocycles. The molecule has 0 atom stereocenters. The molecule has 6 aromatic heterocycles. The molecule has 0 bridgehead atoms. The number of aryl methyl sites for hydroxylation is 1. The van der Waals surface area contributed by atoms with E-state index in [0.717, 1.165) is 57.7 Å². The van der Waals surface area contributed by atoms with Crippen molar-refractivity contribution in [1.29, 1.82) is 0 Å². The van der Waals surface area contributed by atoms with Crippen LogP contribution < -0.4 is 4.74 Å². The third-order valence-electron chi connectivity index (χ3n) is 6.91. The number of hydrogen-bond acceptors (Lipinski definition) is 7. The van der Waals surface area contributed by atoms with Gasteiger partial charge in [0.05, 0.1) is 35.4 Å². The lowest BCUT2D eigenvalue weighted by Gasteiger charge is -2.23. The van der Waals surface area contributed by atoms with Crippen LogP contribution in [0.15, 0.2) is 55.5 Å². The lowest BCUT2D eigenvalue weighted by atomic mass is 9.98. The summed E-state index contributed by atoms with van der Waals surface area (Å²) in [5.41, 5.74) is 6.52. The van der Waals surface area contributed by atoms with Crippen LogP contribution in [0.5, 0.6) is 5.75 Å². The van der Waals surface area contributed by atoms with Gasteiger partial charge in [-0.15, -0.1) is 0 Å². The Labute approximate surface area is 212 Å². The maximum atomic E-state index is 6.24. The van der Waals surface area contributed by atoms with Crippen molar-refractivity contribution >= 4 is 22.2 Å². The zero-order valence-electron chi connectivity index (χ0n) is 20.3. The highest BCUT2D eigenvalue weighted by Gasteiger charge is 2.18. The largest absolute Gasteiger partial charge is 0.489 e. The number of aromatic amines is 2. The van der Waals surface area contributed by atoms with Crippen LogP contribution >= 0.6 is 0 Å². The summed E-state index contributed by atoms with van der Waals surface area (Å²) in [6.07, 6.45) is 17.2. The number of hydrogen-bond donors (Lipinski definition) is 2. The van der Waals surface area contributed by atoms with E-state index in [9.17, 15) is 0 Å². The quantitative estimate of drug-likeness (QED) is 0.341. The van der Waals surface area contributed by atoms with Crippen LogP contribution in [0.2, 0.25) is 0 Å². The topological polar surface area (TPSA) is 123 Å². The molecular formula is C27H25N9O. The SMILES string of the molecule is Cc1cn(-c2ccnc3nc(-c4[nH]nc5ncc(-c6cncc(OC7CCCCC7)c6)cc45)[nH]c23)cn1. The first-order valence-corrected chi connectivity index (χ1v) is 12.5. The van der Waals surface area contributed by atoms with E-state index in [-0.39, 0.29) is 6.10 Å². The van der Waals surface area contributed by atoms with Gasteiger partial charge in [0.1, 0.15) is 17.0 Å². The Morgan fingerprint density at radius 3 is 2.73 bits per heavy atom. The number of nitrogens with one attached hydrogen (secondary N) is 2. The lowest BCUT2D eigenvalue weighted by Crippen LogP contribution is -2.19. The molecule has 0 spiro atoms. The average Bonchev–Trinajstić information content (AvgIpc) is 3.66. The molecule has 0 aliphatic heterocycles. The molecule has 0 unspecified atom stereocenters. The fourth-order valence-electron chi connectivity index (χ4n) is 5.04. The molecule has 7 rings (SSSR count). The maximum Gasteiger partial charge on any atom is 0.181 e. The van der Waals surface area contributed by atoms with Crippen molar-refractivity contribution in [3.8, 4) is 34.1 Å². The Morgan fingerprint density at radius 1 is 0.973 bits per heavy atom. The first-order chi connectivity index (χ1) is 18.2. The zero-order chi connectivity index (χ0) is 24.8. The van der Waals surface area contributed by atoms with Crippen molar-refractivity contribution in [3.05, 3.63) is 61.2 Å². The highest BCUT2D eigenvalue weighted by atomic mass is 16.5. The second kappa shape index (κ2) is 8.81. The fraction of sp³-hybridized carbons (Fsp3) is 0.259. The van der Waals surface area contributed by atoms with Crippen LogP contribution in [0.3, 0.4) is 0 Å². The molecule has 1 fully saturated rings. The summed E-state index contributed by atoms with van der Waals surface area (Å²) in [7, 11) is 0. The van der Waals surface area contributed by atoms with Gasteiger partial charge < -0.3 is 14.3 Å². The summed E-state index contributed by atoms with van der Waals surface area (Å²) in [6, 6.07) is 6.03. The summed E-state index contributed by atoms with van der Waals surface area (Å²) < 4.78 is 8.20. The first-order valence-electron chi connectivity index (χ1n) is 12.5. The summed E-state index contributed by atoms with van der Waals surface area (Å²) in [6.45, 7) is 1.96. The molecule has 6 heterocycles. The van der Waals surface area contributed by atoms with Crippen molar-refractivity contribution in [2.75, 3.05) is 0 Å². The van der Waals surface area contributed by atoms with E-state index in [1.165, 1.54) is 19.3 Å². The summed E-state index contributed by atoms with van der Waals surface area (Å²) in [4.78, 5) is 26.0. The number of rotatable bonds is 5. The molecule has 2 N–H and O–H groups in total. The second-order valence-electron chi connectivity index (χ2n) is 9.52. The van der Waals surface area contributed by atoms with E-state index in [2.05, 4.69) is 41.2 Å². The van der Waals surface area contributed by atoms with E-state index in [4.69, 9.17) is 9.72 Å². The van der Waals surface area contributed by atoms with E-state index in [0.29, 0.717) is 17.1 Å². The molecule has 0 radical (unpaired) electrons. The zero-order valence-corrected chi connectivity index (χ0v) is 20.3. The Morgan fingerprint density at radius 2 is 1.86 bits per heavy atom. The summed E-state index contributed by atoms with van der Waals surface area (Å²) >= 11 is 0. The molecular weight excluding hydrogens is 466 g/mol. The minimum atomic E-state index is 0.268. The van der Waals surface area contributed by atoms with E-state index >= 15 is 0 Å². The Kier molecular flexibility index (Phi) is 5.16. The highest BCUT2D eigenvalue weighted by molar-refractivity contribution is 5.94. The molecule has 1 aliphatic rings. The van der Waals surface area contributed by atoms with Gasteiger partial charge in [0.25, 0.3) is 0 Å². The lowest BCUT2D eigenvalue weighted by molar-refractivity contribution is 0.154. The minimum Gasteiger partial charge on any atom is -0.489 e. The third-order valence-corrected chi connectivity index (χ3v) is 6.91. The molecule has 1 saturated carbocycles. The molecule has 37 heavy (non-hydrogen) atoms. The van der Waals surface area contributed by atoms with Gasteiger partial charge in [-0.3, -0.25) is 10.1 Å². The average molecular weight is 492 g/mol. The number of imidazole rings is 2. The van der Waals surface area contributed by atoms with Crippen LogP contribution in [0.1, 0.15) is 37.8 Å². The van der Waals surface area contributed by atoms with Gasteiger partial charge in [0.2, 0.25) is 0 Å². The van der Waals surface area contributed by atoms with Crippen molar-refractivity contribution in [3.63, 3.8) is 0 Å². The van der Waals surface area contributed by atoms with E-state index in [1.807, 2.05) is 42.2 Å². The Bertz CT molecular complexity index is 1720. The Hall–Kier alpha value is -4.60. The second-order valence-corrected chi connectivity index (χ2v) is 9.52. The van der Waals surface area contributed by atoms with Crippen LogP contribution in [-0.4, -0.2) is 50.8 Å². The van der Waals surface area contributed by atoms with E-state index in [1.54, 1.807) is 18.7 Å². The molecule has 0 saturated heterocycles. The molecule has 10 nitrogen and oxygen atoms in total. The van der Waals surface area contributed by atoms with Crippen molar-refractivity contribution in [2.24, 2.45) is 0 Å². The van der Waals surface area contributed by atoms with Crippen molar-refractivity contribution < 1.29 is 4.74 Å². The Balaban J connectivity index is 1.26. The van der Waals surface area contributed by atoms with Crippen molar-refractivity contribution in [2.45, 2.75) is 45.1 Å². The first kappa shape index (κ1) is 21.7. The number of nitrogens with zero attached hydrogens (tertiary/aromatic N) is 7. The van der Waals surface area contributed by atoms with Crippen LogP contribution in [-0.2, 0) is 0 Å². The third kappa shape index (κ3) is 4.00. The fourth-order valence-corrected chi connectivity index (χ4v) is 5.04. The van der Waals surface area contributed by atoms with E-state index < -0.39 is 0 Å². The van der Waals surface area contributed by atoms with Gasteiger partial charge >= 0.3 is 0 Å². The van der Waals surface area contributed by atoms with Gasteiger partial charge in [0.15, 0.2) is 17.1 Å². The van der Waals surface area contributed by atoms with Gasteiger partial charge in [-0.1, -0.05) is 6.42 Å². The predicted molar refractivity (Wildman–Crippen MR) is 139 cm³/mol. The summed E-state index contributed by atoms with van der Waals surface area (Å²) in [5, 5.41) is 8.37. The van der Waals surface area contributed by atoms with Gasteiger partial charge in [0, 0.05) is 35.9 Å². The number of fused-ring (bicyclic) bond motifs is 2. The highest BCUT2D eigenvalue weighted by Crippen LogP contribution is 2.31. The standard InChI is InChI=1S/C27H25N9O/c1-16-14-36(15-31-16)22-7-8-29-26-24(22)32-27(33-26)23-21-10-18(12-30-25(21)35-34-23)17-9-20(13-28-11-17)37-19-5-3-2-4-6-19/h7-15,19H,2-6H2,1H3,(H,29,32,33)(H,30,34,35). The molecule has 10 heteroatoms. The predicted octanol–water partition coefficient (Wildman–Crippen LogP) is 5.16. The monoisotopic (exact) mass is 491 g/mol. The van der Waals surface area contributed by atoms with Gasteiger partial charge in [-0.2, -0.15) is 5.10 Å². The van der Waals surface area contributed by atoms with Crippen LogP contribution in [0.4, 0.5) is 0 Å².